The second-order valence-corrected chi connectivity index (χ2v) is 4.93. The van der Waals surface area contributed by atoms with Crippen LogP contribution in [0.15, 0.2) is 0 Å². The molecular weight excluding hydrogens is 174 g/mol. The van der Waals surface area contributed by atoms with Gasteiger partial charge >= 0.3 is 0 Å². The molecule has 2 rings (SSSR count). The van der Waals surface area contributed by atoms with Crippen LogP contribution < -0.4 is 5.73 Å². The van der Waals surface area contributed by atoms with Crippen LogP contribution >= 0.6 is 0 Å². The number of hydrogen-bond donors (Lipinski definition) is 1. The van der Waals surface area contributed by atoms with Crippen LogP contribution in [0.1, 0.15) is 51.9 Å². The first-order valence-corrected chi connectivity index (χ1v) is 6.18. The van der Waals surface area contributed by atoms with Crippen molar-refractivity contribution >= 4 is 0 Å². The minimum atomic E-state index is 0.233. The number of ether oxygens (including phenoxy) is 1. The SMILES string of the molecule is CC[C@@H]1CCCC[C@]12CC[C@@H](CN)O2. The molecular formula is C12H23NO. The lowest BCUT2D eigenvalue weighted by atomic mass is 9.72. The highest BCUT2D eigenvalue weighted by Crippen LogP contribution is 2.46. The Balaban J connectivity index is 2.05. The van der Waals surface area contributed by atoms with Crippen LogP contribution in [0.25, 0.3) is 0 Å². The Hall–Kier alpha value is -0.0800. The molecule has 2 fully saturated rings. The molecule has 1 heterocycles. The average molecular weight is 197 g/mol. The lowest BCUT2D eigenvalue weighted by molar-refractivity contribution is -0.0983. The highest BCUT2D eigenvalue weighted by Gasteiger charge is 2.45. The first kappa shape index (κ1) is 10.4. The van der Waals surface area contributed by atoms with Gasteiger partial charge in [-0.3, -0.25) is 0 Å². The van der Waals surface area contributed by atoms with Gasteiger partial charge < -0.3 is 10.5 Å². The van der Waals surface area contributed by atoms with Crippen LogP contribution in [-0.2, 0) is 4.74 Å². The molecule has 14 heavy (non-hydrogen) atoms. The summed E-state index contributed by atoms with van der Waals surface area (Å²) in [7, 11) is 0. The number of hydrogen-bond acceptors (Lipinski definition) is 2. The van der Waals surface area contributed by atoms with Gasteiger partial charge in [-0.1, -0.05) is 26.2 Å². The summed E-state index contributed by atoms with van der Waals surface area (Å²) in [4.78, 5) is 0. The molecule has 2 heteroatoms. The third-order valence-corrected chi connectivity index (χ3v) is 4.19. The molecule has 0 aromatic carbocycles. The Morgan fingerprint density at radius 2 is 2.14 bits per heavy atom. The Morgan fingerprint density at radius 3 is 2.79 bits per heavy atom. The van der Waals surface area contributed by atoms with Gasteiger partial charge in [0.15, 0.2) is 0 Å². The first-order valence-electron chi connectivity index (χ1n) is 6.18. The molecule has 0 aromatic heterocycles. The molecule has 82 valence electrons. The van der Waals surface area contributed by atoms with E-state index in [1.54, 1.807) is 0 Å². The Bertz CT molecular complexity index is 195. The maximum absolute atomic E-state index is 6.22. The monoisotopic (exact) mass is 197 g/mol. The van der Waals surface area contributed by atoms with E-state index >= 15 is 0 Å². The summed E-state index contributed by atoms with van der Waals surface area (Å²) in [5, 5.41) is 0. The molecule has 0 radical (unpaired) electrons. The highest BCUT2D eigenvalue weighted by molar-refractivity contribution is 4.96. The highest BCUT2D eigenvalue weighted by atomic mass is 16.5. The zero-order chi connectivity index (χ0) is 10.0. The van der Waals surface area contributed by atoms with E-state index in [4.69, 9.17) is 10.5 Å². The van der Waals surface area contributed by atoms with Crippen molar-refractivity contribution in [3.8, 4) is 0 Å². The van der Waals surface area contributed by atoms with E-state index in [1.165, 1.54) is 44.9 Å². The van der Waals surface area contributed by atoms with E-state index in [1.807, 2.05) is 0 Å². The van der Waals surface area contributed by atoms with Crippen molar-refractivity contribution in [2.45, 2.75) is 63.6 Å². The van der Waals surface area contributed by atoms with E-state index in [0.29, 0.717) is 12.6 Å². The average Bonchev–Trinajstić information content (AvgIpc) is 2.63. The van der Waals surface area contributed by atoms with Gasteiger partial charge in [-0.2, -0.15) is 0 Å². The predicted octanol–water partition coefficient (Wildman–Crippen LogP) is 2.46. The van der Waals surface area contributed by atoms with Gasteiger partial charge in [-0.05, 0) is 31.6 Å². The second-order valence-electron chi connectivity index (χ2n) is 4.93. The molecule has 0 aromatic rings. The summed E-state index contributed by atoms with van der Waals surface area (Å²) in [6, 6.07) is 0. The molecule has 0 unspecified atom stereocenters. The Morgan fingerprint density at radius 1 is 1.29 bits per heavy atom. The zero-order valence-corrected chi connectivity index (χ0v) is 9.30. The maximum atomic E-state index is 6.22. The molecule has 1 spiro atoms. The molecule has 0 bridgehead atoms. The van der Waals surface area contributed by atoms with Crippen LogP contribution in [0.3, 0.4) is 0 Å². The lowest BCUT2D eigenvalue weighted by Crippen LogP contribution is -2.41. The van der Waals surface area contributed by atoms with Gasteiger partial charge in [0.2, 0.25) is 0 Å². The van der Waals surface area contributed by atoms with Crippen molar-refractivity contribution in [1.82, 2.24) is 0 Å². The van der Waals surface area contributed by atoms with Crippen LogP contribution in [0.4, 0.5) is 0 Å². The van der Waals surface area contributed by atoms with E-state index in [2.05, 4.69) is 6.92 Å². The van der Waals surface area contributed by atoms with Gasteiger partial charge in [-0.25, -0.2) is 0 Å². The van der Waals surface area contributed by atoms with Crippen molar-refractivity contribution in [1.29, 1.82) is 0 Å². The van der Waals surface area contributed by atoms with Gasteiger partial charge in [0.1, 0.15) is 0 Å². The van der Waals surface area contributed by atoms with Crippen molar-refractivity contribution in [2.24, 2.45) is 11.7 Å². The van der Waals surface area contributed by atoms with E-state index < -0.39 is 0 Å². The van der Waals surface area contributed by atoms with E-state index in [0.717, 1.165) is 5.92 Å². The fourth-order valence-electron chi connectivity index (χ4n) is 3.36. The predicted molar refractivity (Wildman–Crippen MR) is 58.1 cm³/mol. The number of nitrogens with two attached hydrogens (primary N) is 1. The molecule has 2 N–H and O–H groups in total. The van der Waals surface area contributed by atoms with Gasteiger partial charge in [0, 0.05) is 6.54 Å². The van der Waals surface area contributed by atoms with Crippen LogP contribution in [0.5, 0.6) is 0 Å². The molecule has 2 nitrogen and oxygen atoms in total. The summed E-state index contributed by atoms with van der Waals surface area (Å²) >= 11 is 0. The fraction of sp³-hybridized carbons (Fsp3) is 1.00. The molecule has 1 aliphatic heterocycles. The molecule has 2 aliphatic rings. The van der Waals surface area contributed by atoms with E-state index in [9.17, 15) is 0 Å². The van der Waals surface area contributed by atoms with Gasteiger partial charge in [0.05, 0.1) is 11.7 Å². The third-order valence-electron chi connectivity index (χ3n) is 4.19. The minimum absolute atomic E-state index is 0.233. The first-order chi connectivity index (χ1) is 6.80. The summed E-state index contributed by atoms with van der Waals surface area (Å²) < 4.78 is 6.22. The largest absolute Gasteiger partial charge is 0.370 e. The summed E-state index contributed by atoms with van der Waals surface area (Å²) in [6.07, 6.45) is 9.47. The Labute approximate surface area is 87.2 Å². The van der Waals surface area contributed by atoms with Crippen LogP contribution in [-0.4, -0.2) is 18.2 Å². The zero-order valence-electron chi connectivity index (χ0n) is 9.30. The fourth-order valence-corrected chi connectivity index (χ4v) is 3.36. The lowest BCUT2D eigenvalue weighted by Gasteiger charge is -2.41. The normalized spacial score (nSPS) is 43.3. The van der Waals surface area contributed by atoms with Crippen molar-refractivity contribution in [3.63, 3.8) is 0 Å². The molecule has 1 saturated carbocycles. The summed E-state index contributed by atoms with van der Waals surface area (Å²) in [6.45, 7) is 3.01. The van der Waals surface area contributed by atoms with Crippen molar-refractivity contribution in [2.75, 3.05) is 6.54 Å². The summed E-state index contributed by atoms with van der Waals surface area (Å²) in [5.74, 6) is 0.799. The van der Waals surface area contributed by atoms with Crippen molar-refractivity contribution in [3.05, 3.63) is 0 Å². The smallest absolute Gasteiger partial charge is 0.0715 e. The minimum Gasteiger partial charge on any atom is -0.370 e. The van der Waals surface area contributed by atoms with Crippen LogP contribution in [0, 0.1) is 5.92 Å². The molecule has 0 amide bonds. The van der Waals surface area contributed by atoms with E-state index in [-0.39, 0.29) is 5.60 Å². The third kappa shape index (κ3) is 1.70. The molecule has 1 aliphatic carbocycles. The van der Waals surface area contributed by atoms with Crippen molar-refractivity contribution < 1.29 is 4.74 Å². The Kier molecular flexibility index (Phi) is 3.13. The molecule has 3 atom stereocenters. The quantitative estimate of drug-likeness (QED) is 0.738. The topological polar surface area (TPSA) is 35.2 Å². The number of rotatable bonds is 2. The standard InChI is InChI=1S/C12H23NO/c1-2-10-5-3-4-7-12(10)8-6-11(9-13)14-12/h10-11H,2-9,13H2,1H3/t10-,11+,12+/m1/s1. The van der Waals surface area contributed by atoms with Gasteiger partial charge in [0.25, 0.3) is 0 Å². The maximum Gasteiger partial charge on any atom is 0.0715 e. The summed E-state index contributed by atoms with van der Waals surface area (Å²) in [5.41, 5.74) is 5.92. The van der Waals surface area contributed by atoms with Crippen LogP contribution in [0.2, 0.25) is 0 Å². The van der Waals surface area contributed by atoms with Gasteiger partial charge in [-0.15, -0.1) is 0 Å². The second kappa shape index (κ2) is 4.19. The molecule has 1 saturated heterocycles.